The van der Waals surface area contributed by atoms with Crippen LogP contribution in [0.4, 0.5) is 0 Å². The third-order valence-corrected chi connectivity index (χ3v) is 4.16. The molecule has 0 aromatic heterocycles. The zero-order chi connectivity index (χ0) is 14.6. The van der Waals surface area contributed by atoms with Gasteiger partial charge >= 0.3 is 0 Å². The predicted molar refractivity (Wildman–Crippen MR) is 83.0 cm³/mol. The number of hydrogen-bond acceptors (Lipinski definition) is 2. The maximum Gasteiger partial charge on any atom is 0.253 e. The van der Waals surface area contributed by atoms with Crippen molar-refractivity contribution in [2.45, 2.75) is 0 Å². The average molecular weight is 293 g/mol. The summed E-state index contributed by atoms with van der Waals surface area (Å²) in [4.78, 5) is 24.3. The van der Waals surface area contributed by atoms with E-state index < -0.39 is 5.24 Å². The Morgan fingerprint density at radius 2 is 1.48 bits per heavy atom. The van der Waals surface area contributed by atoms with Gasteiger partial charge in [-0.05, 0) is 34.2 Å². The molecule has 0 spiro atoms. The SMILES string of the molecule is O=C(Cl)c1ccc2c3c(cccc13)C(=O)c1ccccc1-2. The van der Waals surface area contributed by atoms with Gasteiger partial charge in [0, 0.05) is 22.1 Å². The molecule has 0 fully saturated rings. The summed E-state index contributed by atoms with van der Waals surface area (Å²) in [5.74, 6) is -0.0112. The van der Waals surface area contributed by atoms with Crippen LogP contribution in [0.2, 0.25) is 0 Å². The Morgan fingerprint density at radius 1 is 0.762 bits per heavy atom. The van der Waals surface area contributed by atoms with Crippen LogP contribution in [0.5, 0.6) is 0 Å². The zero-order valence-electron chi connectivity index (χ0n) is 10.9. The molecule has 0 N–H and O–H groups in total. The van der Waals surface area contributed by atoms with E-state index in [4.69, 9.17) is 11.6 Å². The first-order chi connectivity index (χ1) is 10.2. The van der Waals surface area contributed by atoms with E-state index in [0.717, 1.165) is 21.9 Å². The molecule has 2 nitrogen and oxygen atoms in total. The summed E-state index contributed by atoms with van der Waals surface area (Å²) >= 11 is 5.66. The molecule has 3 heteroatoms. The van der Waals surface area contributed by atoms with Crippen molar-refractivity contribution in [1.82, 2.24) is 0 Å². The highest BCUT2D eigenvalue weighted by atomic mass is 35.5. The lowest BCUT2D eigenvalue weighted by molar-refractivity contribution is 0.103. The summed E-state index contributed by atoms with van der Waals surface area (Å²) in [6.45, 7) is 0. The summed E-state index contributed by atoms with van der Waals surface area (Å²) in [7, 11) is 0. The number of carbonyl (C=O) groups is 2. The summed E-state index contributed by atoms with van der Waals surface area (Å²) in [5, 5.41) is 1.03. The minimum absolute atomic E-state index is 0.0112. The van der Waals surface area contributed by atoms with E-state index >= 15 is 0 Å². The largest absolute Gasteiger partial charge is 0.289 e. The normalized spacial score (nSPS) is 12.3. The lowest BCUT2D eigenvalue weighted by Crippen LogP contribution is -2.10. The highest BCUT2D eigenvalue weighted by Crippen LogP contribution is 2.40. The molecule has 0 unspecified atom stereocenters. The zero-order valence-corrected chi connectivity index (χ0v) is 11.6. The summed E-state index contributed by atoms with van der Waals surface area (Å²) in [6, 6.07) is 16.5. The number of fused-ring (bicyclic) bond motifs is 2. The van der Waals surface area contributed by atoms with Gasteiger partial charge in [-0.25, -0.2) is 0 Å². The molecule has 0 saturated carbocycles. The molecule has 4 rings (SSSR count). The van der Waals surface area contributed by atoms with E-state index in [2.05, 4.69) is 0 Å². The van der Waals surface area contributed by atoms with Crippen LogP contribution >= 0.6 is 11.6 Å². The molecule has 100 valence electrons. The molecule has 0 atom stereocenters. The van der Waals surface area contributed by atoms with Gasteiger partial charge in [0.05, 0.1) is 0 Å². The molecular weight excluding hydrogens is 284 g/mol. The van der Waals surface area contributed by atoms with Gasteiger partial charge in [0.25, 0.3) is 5.24 Å². The number of hydrogen-bond donors (Lipinski definition) is 0. The molecule has 3 aromatic carbocycles. The molecular formula is C18H9ClO2. The highest BCUT2D eigenvalue weighted by Gasteiger charge is 2.25. The van der Waals surface area contributed by atoms with Crippen LogP contribution in [-0.2, 0) is 0 Å². The Bertz CT molecular complexity index is 941. The molecule has 0 heterocycles. The summed E-state index contributed by atoms with van der Waals surface area (Å²) in [5.41, 5.74) is 3.63. The maximum atomic E-state index is 12.7. The maximum absolute atomic E-state index is 12.7. The molecule has 0 radical (unpaired) electrons. The molecule has 0 saturated heterocycles. The van der Waals surface area contributed by atoms with Crippen molar-refractivity contribution in [3.05, 3.63) is 71.3 Å². The van der Waals surface area contributed by atoms with Gasteiger partial charge in [-0.15, -0.1) is 0 Å². The van der Waals surface area contributed by atoms with Crippen molar-refractivity contribution in [2.75, 3.05) is 0 Å². The second kappa shape index (κ2) is 4.27. The molecule has 1 aliphatic carbocycles. The fourth-order valence-corrected chi connectivity index (χ4v) is 3.22. The molecule has 0 bridgehead atoms. The minimum atomic E-state index is -0.509. The van der Waals surface area contributed by atoms with Crippen molar-refractivity contribution in [3.8, 4) is 11.1 Å². The fourth-order valence-electron chi connectivity index (χ4n) is 3.05. The Balaban J connectivity index is 2.23. The topological polar surface area (TPSA) is 34.1 Å². The van der Waals surface area contributed by atoms with Crippen LogP contribution in [0, 0.1) is 0 Å². The average Bonchev–Trinajstić information content (AvgIpc) is 2.51. The minimum Gasteiger partial charge on any atom is -0.289 e. The molecule has 3 aromatic rings. The number of ketones is 1. The first-order valence-electron chi connectivity index (χ1n) is 6.58. The van der Waals surface area contributed by atoms with E-state index in [1.807, 2.05) is 36.4 Å². The predicted octanol–water partition coefficient (Wildman–Crippen LogP) is 4.43. The van der Waals surface area contributed by atoms with Crippen LogP contribution < -0.4 is 0 Å². The third kappa shape index (κ3) is 1.60. The van der Waals surface area contributed by atoms with Crippen molar-refractivity contribution in [2.24, 2.45) is 0 Å². The Hall–Kier alpha value is -2.45. The van der Waals surface area contributed by atoms with Crippen molar-refractivity contribution >= 4 is 33.4 Å². The van der Waals surface area contributed by atoms with E-state index in [0.29, 0.717) is 16.7 Å². The first kappa shape index (κ1) is 12.3. The van der Waals surface area contributed by atoms with Crippen molar-refractivity contribution < 1.29 is 9.59 Å². The number of halogens is 1. The lowest BCUT2D eigenvalue weighted by atomic mass is 9.82. The van der Waals surface area contributed by atoms with Crippen LogP contribution in [0.15, 0.2) is 54.6 Å². The monoisotopic (exact) mass is 292 g/mol. The fraction of sp³-hybridized carbons (Fsp3) is 0. The van der Waals surface area contributed by atoms with Crippen molar-refractivity contribution in [1.29, 1.82) is 0 Å². The molecule has 0 aliphatic heterocycles. The molecule has 1 aliphatic rings. The van der Waals surface area contributed by atoms with E-state index in [1.165, 1.54) is 0 Å². The van der Waals surface area contributed by atoms with Crippen LogP contribution in [0.1, 0.15) is 26.3 Å². The highest BCUT2D eigenvalue weighted by molar-refractivity contribution is 6.68. The summed E-state index contributed by atoms with van der Waals surface area (Å²) in [6.07, 6.45) is 0. The lowest BCUT2D eigenvalue weighted by Gasteiger charge is -2.20. The standard InChI is InChI=1S/C18H9ClO2/c19-18(21)14-9-8-12-10-4-1-2-5-13(10)17(20)15-7-3-6-11(14)16(12)15/h1-9H. The second-order valence-electron chi connectivity index (χ2n) is 5.04. The molecule has 21 heavy (non-hydrogen) atoms. The smallest absolute Gasteiger partial charge is 0.253 e. The number of carbonyl (C=O) groups excluding carboxylic acids is 2. The second-order valence-corrected chi connectivity index (χ2v) is 5.38. The van der Waals surface area contributed by atoms with Gasteiger partial charge in [0.2, 0.25) is 0 Å². The van der Waals surface area contributed by atoms with Crippen LogP contribution in [0.25, 0.3) is 21.9 Å². The Labute approximate surface area is 126 Å². The summed E-state index contributed by atoms with van der Waals surface area (Å²) < 4.78 is 0. The molecule has 0 amide bonds. The van der Waals surface area contributed by atoms with Gasteiger partial charge in [-0.1, -0.05) is 48.5 Å². The van der Waals surface area contributed by atoms with Gasteiger partial charge < -0.3 is 0 Å². The Morgan fingerprint density at radius 3 is 2.24 bits per heavy atom. The van der Waals surface area contributed by atoms with Gasteiger partial charge in [-0.3, -0.25) is 9.59 Å². The first-order valence-corrected chi connectivity index (χ1v) is 6.96. The van der Waals surface area contributed by atoms with E-state index in [1.54, 1.807) is 18.2 Å². The Kier molecular flexibility index (Phi) is 2.50. The van der Waals surface area contributed by atoms with Crippen LogP contribution in [0.3, 0.4) is 0 Å². The van der Waals surface area contributed by atoms with Gasteiger partial charge in [0.1, 0.15) is 0 Å². The number of rotatable bonds is 1. The van der Waals surface area contributed by atoms with Crippen LogP contribution in [-0.4, -0.2) is 11.0 Å². The van der Waals surface area contributed by atoms with Crippen molar-refractivity contribution in [3.63, 3.8) is 0 Å². The van der Waals surface area contributed by atoms with E-state index in [-0.39, 0.29) is 5.78 Å². The van der Waals surface area contributed by atoms with E-state index in [9.17, 15) is 9.59 Å². The van der Waals surface area contributed by atoms with Gasteiger partial charge in [-0.2, -0.15) is 0 Å². The third-order valence-electron chi connectivity index (χ3n) is 3.96. The quantitative estimate of drug-likeness (QED) is 0.486. The number of benzene rings is 3. The van der Waals surface area contributed by atoms with Gasteiger partial charge in [0.15, 0.2) is 5.78 Å².